The minimum absolute atomic E-state index is 0.363. The molecular weight excluding hydrogens is 573 g/mol. The van der Waals surface area contributed by atoms with E-state index < -0.39 is 0 Å². The van der Waals surface area contributed by atoms with E-state index in [4.69, 9.17) is 0 Å². The van der Waals surface area contributed by atoms with Crippen LogP contribution >= 0.6 is 11.8 Å². The molecule has 0 nitrogen and oxygen atoms in total. The Balaban J connectivity index is 1.29. The summed E-state index contributed by atoms with van der Waals surface area (Å²) in [6.45, 7) is 0. The van der Waals surface area contributed by atoms with E-state index in [2.05, 4.69) is 158 Å². The number of hydrogen-bond donors (Lipinski definition) is 0. The van der Waals surface area contributed by atoms with Gasteiger partial charge in [0, 0.05) is 15.2 Å². The molecular formula is C45H30S. The second kappa shape index (κ2) is 9.94. The Kier molecular flexibility index (Phi) is 5.65. The number of benzene rings is 7. The molecule has 0 N–H and O–H groups in total. The third kappa shape index (κ3) is 3.52. The second-order valence-electron chi connectivity index (χ2n) is 12.7. The molecule has 0 amide bonds. The Morgan fingerprint density at radius 1 is 0.543 bits per heavy atom. The maximum absolute atomic E-state index is 2.53. The zero-order valence-electron chi connectivity index (χ0n) is 25.3. The summed E-state index contributed by atoms with van der Waals surface area (Å²) in [5, 5.41) is 5.31. The first-order valence-corrected chi connectivity index (χ1v) is 17.1. The average molecular weight is 603 g/mol. The molecule has 1 unspecified atom stereocenters. The van der Waals surface area contributed by atoms with Crippen molar-refractivity contribution in [3.8, 4) is 33.4 Å². The minimum atomic E-state index is -0.363. The van der Waals surface area contributed by atoms with Gasteiger partial charge in [-0.3, -0.25) is 0 Å². The highest BCUT2D eigenvalue weighted by atomic mass is 32.2. The molecule has 2 aliphatic carbocycles. The van der Waals surface area contributed by atoms with Gasteiger partial charge in [-0.1, -0.05) is 157 Å². The van der Waals surface area contributed by atoms with Crippen LogP contribution in [0.25, 0.3) is 54.9 Å². The summed E-state index contributed by atoms with van der Waals surface area (Å²) < 4.78 is 0. The first-order chi connectivity index (χ1) is 22.8. The van der Waals surface area contributed by atoms with Crippen LogP contribution in [0, 0.1) is 0 Å². The molecule has 0 radical (unpaired) electrons. The number of fused-ring (bicyclic) bond motifs is 7. The Morgan fingerprint density at radius 2 is 1.35 bits per heavy atom. The first-order valence-electron chi connectivity index (χ1n) is 16.2. The highest BCUT2D eigenvalue weighted by Crippen LogP contribution is 2.60. The predicted octanol–water partition coefficient (Wildman–Crippen LogP) is 12.4. The van der Waals surface area contributed by atoms with Gasteiger partial charge in [0.05, 0.1) is 5.41 Å². The zero-order valence-corrected chi connectivity index (χ0v) is 26.2. The van der Waals surface area contributed by atoms with Crippen molar-refractivity contribution in [2.24, 2.45) is 0 Å². The van der Waals surface area contributed by atoms with E-state index >= 15 is 0 Å². The van der Waals surface area contributed by atoms with Gasteiger partial charge >= 0.3 is 0 Å². The van der Waals surface area contributed by atoms with E-state index in [1.54, 1.807) is 0 Å². The van der Waals surface area contributed by atoms with Crippen LogP contribution in [0.3, 0.4) is 0 Å². The highest BCUT2D eigenvalue weighted by Gasteiger charge is 2.47. The van der Waals surface area contributed by atoms with Crippen LogP contribution in [0.1, 0.15) is 29.5 Å². The van der Waals surface area contributed by atoms with Crippen LogP contribution in [-0.2, 0) is 5.41 Å². The fraction of sp³-hybridized carbons (Fsp3) is 0.0667. The van der Waals surface area contributed by atoms with Crippen molar-refractivity contribution in [2.75, 3.05) is 0 Å². The summed E-state index contributed by atoms with van der Waals surface area (Å²) in [6, 6.07) is 52.6. The Hall–Kier alpha value is -5.11. The van der Waals surface area contributed by atoms with Crippen molar-refractivity contribution >= 4 is 33.3 Å². The van der Waals surface area contributed by atoms with Crippen LogP contribution in [0.15, 0.2) is 173 Å². The number of hydrogen-bond acceptors (Lipinski definition) is 1. The molecule has 1 heterocycles. The van der Waals surface area contributed by atoms with E-state index in [1.165, 1.54) is 87.0 Å². The summed E-state index contributed by atoms with van der Waals surface area (Å²) in [7, 11) is 0. The third-order valence-corrected chi connectivity index (χ3v) is 11.6. The van der Waals surface area contributed by atoms with Crippen molar-refractivity contribution in [2.45, 2.75) is 28.0 Å². The molecule has 0 bridgehead atoms. The topological polar surface area (TPSA) is 0 Å². The quantitative estimate of drug-likeness (QED) is 0.194. The summed E-state index contributed by atoms with van der Waals surface area (Å²) in [5.41, 5.74) is 13.2. The molecule has 7 aromatic rings. The standard InChI is InChI=1S/C45H30S/c1-3-13-31(14-4-1)45(32-15-5-2-6-16-32)39-26-23-29-12-7-8-17-34(29)43(39)38-24-22-30(28-40(38)45)33-25-27-42-44-36(33)19-11-20-37(44)35-18-9-10-21-41(35)46-42/h1-5,7-15,17-28H,6,16H2. The van der Waals surface area contributed by atoms with Gasteiger partial charge in [-0.25, -0.2) is 0 Å². The molecule has 1 atom stereocenters. The molecule has 1 heteroatoms. The monoisotopic (exact) mass is 602 g/mol. The normalized spacial score (nSPS) is 17.4. The van der Waals surface area contributed by atoms with Gasteiger partial charge in [-0.15, -0.1) is 0 Å². The molecule has 10 rings (SSSR count). The molecule has 1 aliphatic heterocycles. The fourth-order valence-electron chi connectivity index (χ4n) is 8.54. The molecule has 46 heavy (non-hydrogen) atoms. The van der Waals surface area contributed by atoms with Gasteiger partial charge < -0.3 is 0 Å². The van der Waals surface area contributed by atoms with E-state index in [-0.39, 0.29) is 5.41 Å². The Morgan fingerprint density at radius 3 is 2.26 bits per heavy atom. The summed E-state index contributed by atoms with van der Waals surface area (Å²) in [4.78, 5) is 2.67. The summed E-state index contributed by atoms with van der Waals surface area (Å²) >= 11 is 1.89. The maximum Gasteiger partial charge on any atom is 0.0677 e. The van der Waals surface area contributed by atoms with Crippen LogP contribution in [0.5, 0.6) is 0 Å². The molecule has 7 aromatic carbocycles. The lowest BCUT2D eigenvalue weighted by molar-refractivity contribution is 0.693. The van der Waals surface area contributed by atoms with Crippen molar-refractivity contribution in [3.63, 3.8) is 0 Å². The SMILES string of the molecule is C1=CCCC(C2(c3ccccc3)c3cc(-c4ccc5c6c(cccc46)-c4ccccc4S5)ccc3-c3c2ccc2ccccc32)=C1. The molecule has 0 aromatic heterocycles. The minimum Gasteiger partial charge on any atom is -0.0888 e. The second-order valence-corrected chi connectivity index (χ2v) is 13.8. The Labute approximate surface area is 273 Å². The van der Waals surface area contributed by atoms with Crippen molar-refractivity contribution in [1.29, 1.82) is 0 Å². The van der Waals surface area contributed by atoms with E-state index in [0.717, 1.165) is 12.8 Å². The average Bonchev–Trinajstić information content (AvgIpc) is 3.43. The lowest BCUT2D eigenvalue weighted by atomic mass is 9.65. The van der Waals surface area contributed by atoms with Gasteiger partial charge in [0.15, 0.2) is 0 Å². The smallest absolute Gasteiger partial charge is 0.0677 e. The van der Waals surface area contributed by atoms with Gasteiger partial charge in [0.2, 0.25) is 0 Å². The van der Waals surface area contributed by atoms with Crippen LogP contribution in [0.2, 0.25) is 0 Å². The largest absolute Gasteiger partial charge is 0.0888 e. The van der Waals surface area contributed by atoms with Crippen molar-refractivity contribution in [1.82, 2.24) is 0 Å². The molecule has 0 fully saturated rings. The zero-order chi connectivity index (χ0) is 30.2. The number of rotatable bonds is 3. The van der Waals surface area contributed by atoms with Gasteiger partial charge in [0.25, 0.3) is 0 Å². The van der Waals surface area contributed by atoms with Crippen molar-refractivity contribution < 1.29 is 0 Å². The molecule has 216 valence electrons. The fourth-order valence-corrected chi connectivity index (χ4v) is 9.67. The maximum atomic E-state index is 2.53. The van der Waals surface area contributed by atoms with Crippen LogP contribution < -0.4 is 0 Å². The molecule has 0 spiro atoms. The summed E-state index contributed by atoms with van der Waals surface area (Å²) in [6.07, 6.45) is 9.08. The van der Waals surface area contributed by atoms with Gasteiger partial charge in [0.1, 0.15) is 0 Å². The van der Waals surface area contributed by atoms with Gasteiger partial charge in [-0.05, 0) is 97.3 Å². The number of allylic oxidation sites excluding steroid dienone is 4. The lowest BCUT2D eigenvalue weighted by Crippen LogP contribution is -2.30. The summed E-state index contributed by atoms with van der Waals surface area (Å²) in [5.74, 6) is 0. The molecule has 0 saturated heterocycles. The van der Waals surface area contributed by atoms with E-state index in [9.17, 15) is 0 Å². The van der Waals surface area contributed by atoms with E-state index in [0.29, 0.717) is 0 Å². The van der Waals surface area contributed by atoms with Crippen LogP contribution in [-0.4, -0.2) is 0 Å². The predicted molar refractivity (Wildman–Crippen MR) is 195 cm³/mol. The highest BCUT2D eigenvalue weighted by molar-refractivity contribution is 7.99. The molecule has 0 saturated carbocycles. The Bertz CT molecular complexity index is 2440. The van der Waals surface area contributed by atoms with E-state index in [1.807, 2.05) is 11.8 Å². The lowest BCUT2D eigenvalue weighted by Gasteiger charge is -2.37. The first kappa shape index (κ1) is 26.1. The molecule has 3 aliphatic rings. The third-order valence-electron chi connectivity index (χ3n) is 10.4. The van der Waals surface area contributed by atoms with Crippen molar-refractivity contribution in [3.05, 3.63) is 180 Å². The van der Waals surface area contributed by atoms with Crippen LogP contribution in [0.4, 0.5) is 0 Å². The van der Waals surface area contributed by atoms with Gasteiger partial charge in [-0.2, -0.15) is 0 Å².